The molecule has 0 bridgehead atoms. The van der Waals surface area contributed by atoms with Crippen LogP contribution in [0.3, 0.4) is 0 Å². The number of para-hydroxylation sites is 1. The number of furan rings is 1. The van der Waals surface area contributed by atoms with Gasteiger partial charge in [0.2, 0.25) is 0 Å². The fourth-order valence-electron chi connectivity index (χ4n) is 2.23. The smallest absolute Gasteiger partial charge is 0.134 e. The Morgan fingerprint density at radius 1 is 1.21 bits per heavy atom. The van der Waals surface area contributed by atoms with Crippen LogP contribution in [0.25, 0.3) is 11.0 Å². The summed E-state index contributed by atoms with van der Waals surface area (Å²) in [4.78, 5) is 0. The third kappa shape index (κ3) is 3.37. The van der Waals surface area contributed by atoms with Crippen molar-refractivity contribution in [1.82, 2.24) is 5.32 Å². The van der Waals surface area contributed by atoms with Gasteiger partial charge < -0.3 is 14.5 Å². The van der Waals surface area contributed by atoms with E-state index in [-0.39, 0.29) is 6.04 Å². The molecule has 0 aliphatic carbocycles. The van der Waals surface area contributed by atoms with Gasteiger partial charge in [-0.05, 0) is 25.0 Å². The first-order chi connectivity index (χ1) is 9.11. The van der Waals surface area contributed by atoms with Crippen LogP contribution in [0, 0.1) is 5.92 Å². The number of benzene rings is 1. The highest BCUT2D eigenvalue weighted by molar-refractivity contribution is 5.77. The van der Waals surface area contributed by atoms with E-state index in [0.717, 1.165) is 16.7 Å². The zero-order valence-corrected chi connectivity index (χ0v) is 12.1. The summed E-state index contributed by atoms with van der Waals surface area (Å²) in [5, 5.41) is 4.73. The van der Waals surface area contributed by atoms with Crippen LogP contribution in [0.5, 0.6) is 0 Å². The number of nitrogens with one attached hydrogen (secondary N) is 1. The van der Waals surface area contributed by atoms with E-state index in [1.807, 2.05) is 18.2 Å². The minimum absolute atomic E-state index is 0.176. The van der Waals surface area contributed by atoms with Crippen LogP contribution >= 0.6 is 0 Å². The van der Waals surface area contributed by atoms with Gasteiger partial charge in [0, 0.05) is 18.5 Å². The Balaban J connectivity index is 2.11. The second kappa shape index (κ2) is 6.22. The largest absolute Gasteiger partial charge is 0.459 e. The van der Waals surface area contributed by atoms with Gasteiger partial charge in [0.05, 0.1) is 12.6 Å². The van der Waals surface area contributed by atoms with Gasteiger partial charge in [0.1, 0.15) is 11.3 Å². The lowest BCUT2D eigenvalue weighted by Crippen LogP contribution is -2.39. The van der Waals surface area contributed by atoms with E-state index in [4.69, 9.17) is 9.15 Å². The van der Waals surface area contributed by atoms with Crippen LogP contribution < -0.4 is 5.32 Å². The molecular weight excluding hydrogens is 238 g/mol. The van der Waals surface area contributed by atoms with Crippen molar-refractivity contribution < 1.29 is 9.15 Å². The summed E-state index contributed by atoms with van der Waals surface area (Å²) in [6.07, 6.45) is 0. The van der Waals surface area contributed by atoms with Crippen LogP contribution in [-0.4, -0.2) is 19.8 Å². The Kier molecular flexibility index (Phi) is 4.61. The first-order valence-corrected chi connectivity index (χ1v) is 6.85. The Morgan fingerprint density at radius 2 is 1.95 bits per heavy atom. The monoisotopic (exact) mass is 261 g/mol. The van der Waals surface area contributed by atoms with E-state index in [2.05, 4.69) is 38.2 Å². The summed E-state index contributed by atoms with van der Waals surface area (Å²) in [7, 11) is 1.74. The molecule has 3 heteroatoms. The van der Waals surface area contributed by atoms with Crippen molar-refractivity contribution >= 4 is 11.0 Å². The van der Waals surface area contributed by atoms with Crippen LogP contribution in [-0.2, 0) is 4.74 Å². The molecule has 1 aromatic heterocycles. The number of hydrogen-bond donors (Lipinski definition) is 1. The molecule has 0 fully saturated rings. The molecule has 1 N–H and O–H groups in total. The molecule has 0 amide bonds. The van der Waals surface area contributed by atoms with E-state index in [9.17, 15) is 0 Å². The van der Waals surface area contributed by atoms with Crippen LogP contribution in [0.2, 0.25) is 0 Å². The minimum Gasteiger partial charge on any atom is -0.459 e. The zero-order chi connectivity index (χ0) is 13.8. The molecule has 0 aliphatic rings. The highest BCUT2D eigenvalue weighted by atomic mass is 16.5. The molecule has 2 rings (SSSR count). The fourth-order valence-corrected chi connectivity index (χ4v) is 2.23. The highest BCUT2D eigenvalue weighted by Crippen LogP contribution is 2.24. The Hall–Kier alpha value is -1.32. The van der Waals surface area contributed by atoms with Gasteiger partial charge >= 0.3 is 0 Å². The van der Waals surface area contributed by atoms with Gasteiger partial charge in [-0.3, -0.25) is 0 Å². The number of rotatable bonds is 6. The van der Waals surface area contributed by atoms with Gasteiger partial charge in [-0.25, -0.2) is 0 Å². The second-order valence-electron chi connectivity index (χ2n) is 5.38. The maximum Gasteiger partial charge on any atom is 0.134 e. The van der Waals surface area contributed by atoms with Crippen molar-refractivity contribution in [2.45, 2.75) is 32.9 Å². The van der Waals surface area contributed by atoms with Crippen molar-refractivity contribution in [2.24, 2.45) is 5.92 Å². The lowest BCUT2D eigenvalue weighted by molar-refractivity contribution is 0.139. The van der Waals surface area contributed by atoms with Crippen molar-refractivity contribution in [2.75, 3.05) is 13.7 Å². The Labute approximate surface area is 114 Å². The summed E-state index contributed by atoms with van der Waals surface area (Å²) < 4.78 is 11.2. The first-order valence-electron chi connectivity index (χ1n) is 6.85. The molecule has 3 nitrogen and oxygen atoms in total. The molecular formula is C16H23NO2. The minimum atomic E-state index is 0.176. The fraction of sp³-hybridized carbons (Fsp3) is 0.500. The van der Waals surface area contributed by atoms with Crippen molar-refractivity contribution in [3.8, 4) is 0 Å². The molecule has 1 heterocycles. The Bertz CT molecular complexity index is 485. The van der Waals surface area contributed by atoms with E-state index >= 15 is 0 Å². The van der Waals surface area contributed by atoms with Gasteiger partial charge in [-0.15, -0.1) is 0 Å². The van der Waals surface area contributed by atoms with Crippen LogP contribution in [0.15, 0.2) is 34.7 Å². The average Bonchev–Trinajstić information content (AvgIpc) is 2.81. The lowest BCUT2D eigenvalue weighted by atomic mass is 10.0. The number of fused-ring (bicyclic) bond motifs is 1. The zero-order valence-electron chi connectivity index (χ0n) is 12.1. The molecule has 0 radical (unpaired) electrons. The predicted molar refractivity (Wildman–Crippen MR) is 78.3 cm³/mol. The van der Waals surface area contributed by atoms with E-state index in [1.54, 1.807) is 7.11 Å². The van der Waals surface area contributed by atoms with Gasteiger partial charge in [0.25, 0.3) is 0 Å². The van der Waals surface area contributed by atoms with Gasteiger partial charge in [-0.1, -0.05) is 32.0 Å². The van der Waals surface area contributed by atoms with Crippen molar-refractivity contribution in [3.63, 3.8) is 0 Å². The SMILES string of the molecule is COCC(NC(C)c1cc2ccccc2o1)C(C)C. The Morgan fingerprint density at radius 3 is 2.58 bits per heavy atom. The molecule has 2 atom stereocenters. The first kappa shape index (κ1) is 14.1. The molecule has 1 aromatic carbocycles. The third-order valence-corrected chi connectivity index (χ3v) is 3.49. The summed E-state index contributed by atoms with van der Waals surface area (Å²) in [5.41, 5.74) is 0.944. The molecule has 0 saturated carbocycles. The quantitative estimate of drug-likeness (QED) is 0.860. The summed E-state index contributed by atoms with van der Waals surface area (Å²) >= 11 is 0. The normalized spacial score (nSPS) is 15.0. The summed E-state index contributed by atoms with van der Waals surface area (Å²) in [6.45, 7) is 7.23. The summed E-state index contributed by atoms with van der Waals surface area (Å²) in [6, 6.07) is 10.7. The molecule has 0 saturated heterocycles. The highest BCUT2D eigenvalue weighted by Gasteiger charge is 2.18. The van der Waals surface area contributed by atoms with Crippen molar-refractivity contribution in [1.29, 1.82) is 0 Å². The van der Waals surface area contributed by atoms with E-state index < -0.39 is 0 Å². The maximum absolute atomic E-state index is 5.89. The molecule has 2 aromatic rings. The average molecular weight is 261 g/mol. The van der Waals surface area contributed by atoms with E-state index in [1.165, 1.54) is 0 Å². The molecule has 0 aliphatic heterocycles. The maximum atomic E-state index is 5.89. The summed E-state index contributed by atoms with van der Waals surface area (Å²) in [5.74, 6) is 1.50. The molecule has 0 spiro atoms. The van der Waals surface area contributed by atoms with Crippen LogP contribution in [0.1, 0.15) is 32.6 Å². The van der Waals surface area contributed by atoms with Crippen molar-refractivity contribution in [3.05, 3.63) is 36.1 Å². The van der Waals surface area contributed by atoms with Gasteiger partial charge in [-0.2, -0.15) is 0 Å². The third-order valence-electron chi connectivity index (χ3n) is 3.49. The lowest BCUT2D eigenvalue weighted by Gasteiger charge is -2.24. The van der Waals surface area contributed by atoms with Crippen LogP contribution in [0.4, 0.5) is 0 Å². The second-order valence-corrected chi connectivity index (χ2v) is 5.38. The molecule has 2 unspecified atom stereocenters. The van der Waals surface area contributed by atoms with E-state index in [0.29, 0.717) is 18.6 Å². The topological polar surface area (TPSA) is 34.4 Å². The van der Waals surface area contributed by atoms with Gasteiger partial charge in [0.15, 0.2) is 0 Å². The standard InChI is InChI=1S/C16H23NO2/c1-11(2)14(10-18-4)17-12(3)16-9-13-7-5-6-8-15(13)19-16/h5-9,11-12,14,17H,10H2,1-4H3. The number of ether oxygens (including phenoxy) is 1. The molecule has 19 heavy (non-hydrogen) atoms. The molecule has 104 valence electrons. The number of methoxy groups -OCH3 is 1. The number of hydrogen-bond acceptors (Lipinski definition) is 3. The predicted octanol–water partition coefficient (Wildman–Crippen LogP) is 3.75.